The van der Waals surface area contributed by atoms with Crippen LogP contribution in [0.1, 0.15) is 25.8 Å². The molecule has 1 N–H and O–H groups in total. The van der Waals surface area contributed by atoms with E-state index in [4.69, 9.17) is 9.47 Å². The van der Waals surface area contributed by atoms with E-state index < -0.39 is 0 Å². The number of nitrogens with one attached hydrogen (secondary N) is 1. The Hall–Kier alpha value is -1.17. The second-order valence-electron chi connectivity index (χ2n) is 5.24. The van der Waals surface area contributed by atoms with Crippen molar-refractivity contribution in [2.24, 2.45) is 0 Å². The second kappa shape index (κ2) is 10.5. The molecule has 0 radical (unpaired) electrons. The van der Waals surface area contributed by atoms with Gasteiger partial charge in [0.1, 0.15) is 5.82 Å². The average Bonchev–Trinajstić information content (AvgIpc) is 2.50. The van der Waals surface area contributed by atoms with Crippen LogP contribution >= 0.6 is 0 Å². The monoisotopic (exact) mass is 295 g/mol. The van der Waals surface area contributed by atoms with Gasteiger partial charge in [-0.05, 0) is 31.0 Å². The number of aromatic nitrogens is 1. The molecule has 1 aromatic rings. The van der Waals surface area contributed by atoms with E-state index in [-0.39, 0.29) is 0 Å². The molecule has 0 spiro atoms. The zero-order chi connectivity index (χ0) is 15.5. The summed E-state index contributed by atoms with van der Waals surface area (Å²) in [5.41, 5.74) is 1.25. The standard InChI is InChI=1S/C16H29N3O2/c1-5-7-17-16-11-15(6-8-18-16)12-19(9-10-20-3)14(2)13-21-4/h6,8,11,14H,5,7,9-10,12-13H2,1-4H3,(H,17,18). The number of hydrogen-bond acceptors (Lipinski definition) is 5. The molecule has 0 aromatic carbocycles. The fourth-order valence-corrected chi connectivity index (χ4v) is 2.17. The molecule has 120 valence electrons. The second-order valence-corrected chi connectivity index (χ2v) is 5.24. The number of nitrogens with zero attached hydrogens (tertiary/aromatic N) is 2. The zero-order valence-electron chi connectivity index (χ0n) is 13.8. The first-order chi connectivity index (χ1) is 10.2. The van der Waals surface area contributed by atoms with Gasteiger partial charge in [0.25, 0.3) is 0 Å². The van der Waals surface area contributed by atoms with Crippen molar-refractivity contribution in [2.75, 3.05) is 45.8 Å². The van der Waals surface area contributed by atoms with Gasteiger partial charge in [0.05, 0.1) is 13.2 Å². The lowest BCUT2D eigenvalue weighted by molar-refractivity contribution is 0.0705. The number of methoxy groups -OCH3 is 2. The van der Waals surface area contributed by atoms with Crippen molar-refractivity contribution in [1.82, 2.24) is 9.88 Å². The first-order valence-electron chi connectivity index (χ1n) is 7.62. The fraction of sp³-hybridized carbons (Fsp3) is 0.688. The van der Waals surface area contributed by atoms with Crippen LogP contribution in [-0.2, 0) is 16.0 Å². The molecule has 0 saturated heterocycles. The number of hydrogen-bond donors (Lipinski definition) is 1. The topological polar surface area (TPSA) is 46.6 Å². The van der Waals surface area contributed by atoms with Crippen molar-refractivity contribution >= 4 is 5.82 Å². The molecule has 5 nitrogen and oxygen atoms in total. The fourth-order valence-electron chi connectivity index (χ4n) is 2.17. The lowest BCUT2D eigenvalue weighted by atomic mass is 10.2. The van der Waals surface area contributed by atoms with Crippen molar-refractivity contribution < 1.29 is 9.47 Å². The van der Waals surface area contributed by atoms with E-state index in [0.29, 0.717) is 6.04 Å². The van der Waals surface area contributed by atoms with Crippen LogP contribution in [-0.4, -0.2) is 56.4 Å². The molecule has 0 aliphatic rings. The van der Waals surface area contributed by atoms with Crippen molar-refractivity contribution in [3.63, 3.8) is 0 Å². The number of ether oxygens (including phenoxy) is 2. The van der Waals surface area contributed by atoms with Crippen LogP contribution in [0.2, 0.25) is 0 Å². The quantitative estimate of drug-likeness (QED) is 0.679. The minimum absolute atomic E-state index is 0.352. The largest absolute Gasteiger partial charge is 0.383 e. The molecule has 21 heavy (non-hydrogen) atoms. The highest BCUT2D eigenvalue weighted by atomic mass is 16.5. The Bertz CT molecular complexity index is 388. The Morgan fingerprint density at radius 3 is 2.81 bits per heavy atom. The molecule has 1 aromatic heterocycles. The normalized spacial score (nSPS) is 12.6. The highest BCUT2D eigenvalue weighted by Crippen LogP contribution is 2.12. The molecule has 1 unspecified atom stereocenters. The average molecular weight is 295 g/mol. The Morgan fingerprint density at radius 2 is 2.14 bits per heavy atom. The van der Waals surface area contributed by atoms with Gasteiger partial charge in [0.2, 0.25) is 0 Å². The Morgan fingerprint density at radius 1 is 1.33 bits per heavy atom. The van der Waals surface area contributed by atoms with Gasteiger partial charge in [-0.2, -0.15) is 0 Å². The maximum Gasteiger partial charge on any atom is 0.126 e. The molecular formula is C16H29N3O2. The van der Waals surface area contributed by atoms with Crippen molar-refractivity contribution in [2.45, 2.75) is 32.9 Å². The van der Waals surface area contributed by atoms with E-state index in [1.54, 1.807) is 14.2 Å². The molecular weight excluding hydrogens is 266 g/mol. The maximum absolute atomic E-state index is 5.27. The van der Waals surface area contributed by atoms with Crippen molar-refractivity contribution in [3.8, 4) is 0 Å². The van der Waals surface area contributed by atoms with Gasteiger partial charge in [-0.3, -0.25) is 4.90 Å². The van der Waals surface area contributed by atoms with E-state index in [9.17, 15) is 0 Å². The Kier molecular flexibility index (Phi) is 8.98. The van der Waals surface area contributed by atoms with Gasteiger partial charge in [0.15, 0.2) is 0 Å². The molecule has 0 saturated carbocycles. The van der Waals surface area contributed by atoms with Crippen LogP contribution < -0.4 is 5.32 Å². The SMILES string of the molecule is CCCNc1cc(CN(CCOC)C(C)COC)ccn1. The highest BCUT2D eigenvalue weighted by molar-refractivity contribution is 5.37. The van der Waals surface area contributed by atoms with E-state index >= 15 is 0 Å². The van der Waals surface area contributed by atoms with Crippen LogP contribution in [0.5, 0.6) is 0 Å². The smallest absolute Gasteiger partial charge is 0.126 e. The van der Waals surface area contributed by atoms with Crippen LogP contribution in [0.25, 0.3) is 0 Å². The zero-order valence-corrected chi connectivity index (χ0v) is 13.8. The Balaban J connectivity index is 2.67. The predicted molar refractivity (Wildman–Crippen MR) is 86.6 cm³/mol. The first kappa shape index (κ1) is 17.9. The third-order valence-electron chi connectivity index (χ3n) is 3.38. The van der Waals surface area contributed by atoms with Gasteiger partial charge in [-0.25, -0.2) is 4.98 Å². The van der Waals surface area contributed by atoms with Gasteiger partial charge in [-0.15, -0.1) is 0 Å². The minimum Gasteiger partial charge on any atom is -0.383 e. The summed E-state index contributed by atoms with van der Waals surface area (Å²) in [5.74, 6) is 0.945. The molecule has 0 amide bonds. The lowest BCUT2D eigenvalue weighted by Crippen LogP contribution is -2.38. The summed E-state index contributed by atoms with van der Waals surface area (Å²) in [4.78, 5) is 6.72. The van der Waals surface area contributed by atoms with Gasteiger partial charge in [0, 0.05) is 46.1 Å². The molecule has 0 bridgehead atoms. The van der Waals surface area contributed by atoms with Crippen molar-refractivity contribution in [3.05, 3.63) is 23.9 Å². The van der Waals surface area contributed by atoms with E-state index in [1.165, 1.54) is 5.56 Å². The Labute approximate surface area is 128 Å². The van der Waals surface area contributed by atoms with Crippen molar-refractivity contribution in [1.29, 1.82) is 0 Å². The summed E-state index contributed by atoms with van der Waals surface area (Å²) in [6.45, 7) is 8.48. The lowest BCUT2D eigenvalue weighted by Gasteiger charge is -2.28. The van der Waals surface area contributed by atoms with E-state index in [1.807, 2.05) is 6.20 Å². The van der Waals surface area contributed by atoms with Crippen LogP contribution in [0.15, 0.2) is 18.3 Å². The van der Waals surface area contributed by atoms with Gasteiger partial charge in [-0.1, -0.05) is 6.92 Å². The molecule has 0 aliphatic heterocycles. The summed E-state index contributed by atoms with van der Waals surface area (Å²) in [6.07, 6.45) is 2.96. The summed E-state index contributed by atoms with van der Waals surface area (Å²) >= 11 is 0. The third-order valence-corrected chi connectivity index (χ3v) is 3.38. The van der Waals surface area contributed by atoms with Crippen LogP contribution in [0.3, 0.4) is 0 Å². The number of anilines is 1. The maximum atomic E-state index is 5.27. The van der Waals surface area contributed by atoms with Crippen LogP contribution in [0, 0.1) is 0 Å². The molecule has 0 aliphatic carbocycles. The molecule has 1 heterocycles. The summed E-state index contributed by atoms with van der Waals surface area (Å²) in [6, 6.07) is 4.54. The first-order valence-corrected chi connectivity index (χ1v) is 7.62. The number of rotatable bonds is 11. The molecule has 5 heteroatoms. The number of pyridine rings is 1. The predicted octanol–water partition coefficient (Wildman–Crippen LogP) is 2.39. The van der Waals surface area contributed by atoms with Gasteiger partial charge >= 0.3 is 0 Å². The molecule has 1 rings (SSSR count). The highest BCUT2D eigenvalue weighted by Gasteiger charge is 2.14. The van der Waals surface area contributed by atoms with E-state index in [2.05, 4.69) is 41.2 Å². The molecule has 1 atom stereocenters. The summed E-state index contributed by atoms with van der Waals surface area (Å²) < 4.78 is 10.5. The molecule has 0 fully saturated rings. The third kappa shape index (κ3) is 6.89. The van der Waals surface area contributed by atoms with Gasteiger partial charge < -0.3 is 14.8 Å². The minimum atomic E-state index is 0.352. The van der Waals surface area contributed by atoms with E-state index in [0.717, 1.165) is 45.1 Å². The summed E-state index contributed by atoms with van der Waals surface area (Å²) in [5, 5.41) is 3.33. The van der Waals surface area contributed by atoms with Crippen LogP contribution in [0.4, 0.5) is 5.82 Å². The summed E-state index contributed by atoms with van der Waals surface area (Å²) in [7, 11) is 3.47.